The molecule has 0 radical (unpaired) electrons. The van der Waals surface area contributed by atoms with Crippen molar-refractivity contribution in [2.75, 3.05) is 14.7 Å². The van der Waals surface area contributed by atoms with Crippen molar-refractivity contribution in [3.05, 3.63) is 240 Å². The summed E-state index contributed by atoms with van der Waals surface area (Å²) >= 11 is 0. The molecule has 10 aromatic rings. The second kappa shape index (κ2) is 16.8. The van der Waals surface area contributed by atoms with Gasteiger partial charge < -0.3 is 19.3 Å². The first-order valence-electron chi connectivity index (χ1n) is 22.2. The standard InChI is InChI=1S/C60H52N4/c1-41-7-19-47(20-8-41)61(48-21-9-42(2)10-22-48)53-31-33-54(34-32-53)64-59-37-35-55(62(49-23-11-43(3)12-24-49)50-25-13-44(4)14-26-50)39-57(59)58-40-56(36-38-60(58)64)63(51-27-15-45(5)16-28-51)52-29-17-46(6)18-30-52/h7-40H,1-6H3. The Labute approximate surface area is 377 Å². The molecule has 0 unspecified atom stereocenters. The van der Waals surface area contributed by atoms with Crippen molar-refractivity contribution in [2.45, 2.75) is 41.5 Å². The van der Waals surface area contributed by atoms with Gasteiger partial charge in [0, 0.05) is 67.6 Å². The maximum absolute atomic E-state index is 2.42. The zero-order chi connectivity index (χ0) is 43.9. The number of anilines is 9. The molecule has 0 N–H and O–H groups in total. The minimum absolute atomic E-state index is 1.10. The molecule has 64 heavy (non-hydrogen) atoms. The predicted octanol–water partition coefficient (Wildman–Crippen LogP) is 17.0. The monoisotopic (exact) mass is 828 g/mol. The maximum Gasteiger partial charge on any atom is 0.0542 e. The Morgan fingerprint density at radius 3 is 0.688 bits per heavy atom. The lowest BCUT2D eigenvalue weighted by molar-refractivity contribution is 1.17. The molecule has 0 atom stereocenters. The van der Waals surface area contributed by atoms with Gasteiger partial charge in [-0.15, -0.1) is 0 Å². The molecule has 1 aromatic heterocycles. The van der Waals surface area contributed by atoms with Crippen molar-refractivity contribution < 1.29 is 0 Å². The average molecular weight is 829 g/mol. The Hall–Kier alpha value is -7.82. The molecule has 0 saturated carbocycles. The Kier molecular flexibility index (Phi) is 10.6. The Bertz CT molecular complexity index is 2930. The van der Waals surface area contributed by atoms with Gasteiger partial charge in [0.2, 0.25) is 0 Å². The van der Waals surface area contributed by atoms with E-state index in [1.165, 1.54) is 44.2 Å². The molecule has 4 heteroatoms. The first-order valence-corrected chi connectivity index (χ1v) is 22.2. The Balaban J connectivity index is 1.17. The summed E-state index contributed by atoms with van der Waals surface area (Å²) in [4.78, 5) is 7.08. The van der Waals surface area contributed by atoms with E-state index in [9.17, 15) is 0 Å². The lowest BCUT2D eigenvalue weighted by atomic mass is 10.1. The first-order chi connectivity index (χ1) is 31.2. The van der Waals surface area contributed by atoms with Crippen molar-refractivity contribution >= 4 is 73.0 Å². The van der Waals surface area contributed by atoms with Crippen LogP contribution in [0.5, 0.6) is 0 Å². The van der Waals surface area contributed by atoms with Gasteiger partial charge in [0.1, 0.15) is 0 Å². The van der Waals surface area contributed by atoms with Crippen molar-refractivity contribution in [1.82, 2.24) is 4.57 Å². The lowest BCUT2D eigenvalue weighted by Crippen LogP contribution is -2.10. The van der Waals surface area contributed by atoms with E-state index >= 15 is 0 Å². The number of benzene rings is 9. The first kappa shape index (κ1) is 40.3. The molecule has 0 fully saturated rings. The molecule has 9 aromatic carbocycles. The highest BCUT2D eigenvalue weighted by Crippen LogP contribution is 2.44. The minimum atomic E-state index is 1.10. The Morgan fingerprint density at radius 2 is 0.438 bits per heavy atom. The van der Waals surface area contributed by atoms with Crippen molar-refractivity contribution in [3.8, 4) is 5.69 Å². The van der Waals surface area contributed by atoms with Gasteiger partial charge in [0.25, 0.3) is 0 Å². The van der Waals surface area contributed by atoms with E-state index in [1.807, 2.05) is 0 Å². The molecule has 0 aliphatic rings. The molecule has 10 rings (SSSR count). The van der Waals surface area contributed by atoms with Crippen LogP contribution in [0.15, 0.2) is 206 Å². The molecule has 0 saturated heterocycles. The van der Waals surface area contributed by atoms with Crippen LogP contribution in [0.2, 0.25) is 0 Å². The number of fused-ring (bicyclic) bond motifs is 3. The van der Waals surface area contributed by atoms with Crippen molar-refractivity contribution in [1.29, 1.82) is 0 Å². The molecule has 0 aliphatic carbocycles. The average Bonchev–Trinajstić information content (AvgIpc) is 3.64. The molecule has 0 amide bonds. The maximum atomic E-state index is 2.42. The van der Waals surface area contributed by atoms with E-state index in [4.69, 9.17) is 0 Å². The van der Waals surface area contributed by atoms with E-state index in [-0.39, 0.29) is 0 Å². The summed E-state index contributed by atoms with van der Waals surface area (Å²) in [6.45, 7) is 12.8. The molecule has 0 bridgehead atoms. The van der Waals surface area contributed by atoms with E-state index in [1.54, 1.807) is 0 Å². The largest absolute Gasteiger partial charge is 0.311 e. The molecule has 0 spiro atoms. The molecule has 4 nitrogen and oxygen atoms in total. The lowest BCUT2D eigenvalue weighted by Gasteiger charge is -2.26. The summed E-state index contributed by atoms with van der Waals surface area (Å²) in [5.74, 6) is 0. The molecular weight excluding hydrogens is 777 g/mol. The van der Waals surface area contributed by atoms with Gasteiger partial charge >= 0.3 is 0 Å². The molecule has 312 valence electrons. The Morgan fingerprint density at radius 1 is 0.234 bits per heavy atom. The third kappa shape index (κ3) is 7.80. The number of aromatic nitrogens is 1. The zero-order valence-electron chi connectivity index (χ0n) is 37.4. The zero-order valence-corrected chi connectivity index (χ0v) is 37.4. The quantitative estimate of drug-likeness (QED) is 0.136. The fourth-order valence-electron chi connectivity index (χ4n) is 8.81. The van der Waals surface area contributed by atoms with Gasteiger partial charge in [0.15, 0.2) is 0 Å². The van der Waals surface area contributed by atoms with Crippen LogP contribution in [-0.4, -0.2) is 4.57 Å². The van der Waals surface area contributed by atoms with Gasteiger partial charge in [0.05, 0.1) is 11.0 Å². The highest BCUT2D eigenvalue weighted by atomic mass is 15.2. The minimum Gasteiger partial charge on any atom is -0.311 e. The van der Waals surface area contributed by atoms with Crippen LogP contribution in [-0.2, 0) is 0 Å². The highest BCUT2D eigenvalue weighted by molar-refractivity contribution is 6.12. The van der Waals surface area contributed by atoms with Gasteiger partial charge in [-0.1, -0.05) is 106 Å². The third-order valence-electron chi connectivity index (χ3n) is 12.4. The van der Waals surface area contributed by atoms with Crippen LogP contribution >= 0.6 is 0 Å². The van der Waals surface area contributed by atoms with Crippen LogP contribution in [0, 0.1) is 41.5 Å². The van der Waals surface area contributed by atoms with E-state index in [0.717, 1.165) is 67.9 Å². The second-order valence-electron chi connectivity index (χ2n) is 17.3. The fraction of sp³-hybridized carbons (Fsp3) is 0.100. The summed E-state index contributed by atoms with van der Waals surface area (Å²) in [6.07, 6.45) is 0. The summed E-state index contributed by atoms with van der Waals surface area (Å²) in [7, 11) is 0. The van der Waals surface area contributed by atoms with Gasteiger partial charge in [-0.3, -0.25) is 0 Å². The highest BCUT2D eigenvalue weighted by Gasteiger charge is 2.21. The van der Waals surface area contributed by atoms with E-state index in [0.29, 0.717) is 0 Å². The van der Waals surface area contributed by atoms with E-state index in [2.05, 4.69) is 267 Å². The fourth-order valence-corrected chi connectivity index (χ4v) is 8.81. The predicted molar refractivity (Wildman–Crippen MR) is 273 cm³/mol. The summed E-state index contributed by atoms with van der Waals surface area (Å²) in [5, 5.41) is 2.35. The topological polar surface area (TPSA) is 14.7 Å². The van der Waals surface area contributed by atoms with Crippen LogP contribution in [0.1, 0.15) is 33.4 Å². The summed E-state index contributed by atoms with van der Waals surface area (Å²) in [5.41, 5.74) is 20.8. The van der Waals surface area contributed by atoms with Crippen LogP contribution in [0.25, 0.3) is 27.5 Å². The molecule has 0 aliphatic heterocycles. The normalized spacial score (nSPS) is 11.3. The SMILES string of the molecule is Cc1ccc(N(c2ccc(C)cc2)c2ccc(-n3c4ccc(N(c5ccc(C)cc5)c5ccc(C)cc5)cc4c4cc(N(c5ccc(C)cc5)c5ccc(C)cc5)ccc43)cc2)cc1. The second-order valence-corrected chi connectivity index (χ2v) is 17.3. The smallest absolute Gasteiger partial charge is 0.0542 e. The summed E-state index contributed by atoms with van der Waals surface area (Å²) in [6, 6.07) is 75.8. The van der Waals surface area contributed by atoms with Gasteiger partial charge in [-0.05, 0) is 175 Å². The number of rotatable bonds is 10. The van der Waals surface area contributed by atoms with Crippen LogP contribution in [0.4, 0.5) is 51.2 Å². The van der Waals surface area contributed by atoms with Crippen molar-refractivity contribution in [3.63, 3.8) is 0 Å². The number of aryl methyl sites for hydroxylation is 6. The molecule has 1 heterocycles. The number of hydrogen-bond donors (Lipinski definition) is 0. The number of hydrogen-bond acceptors (Lipinski definition) is 3. The molecular formula is C60H52N4. The summed E-state index contributed by atoms with van der Waals surface area (Å²) < 4.78 is 2.42. The van der Waals surface area contributed by atoms with Crippen molar-refractivity contribution in [2.24, 2.45) is 0 Å². The van der Waals surface area contributed by atoms with Gasteiger partial charge in [-0.25, -0.2) is 0 Å². The van der Waals surface area contributed by atoms with Crippen LogP contribution < -0.4 is 14.7 Å². The number of nitrogens with zero attached hydrogens (tertiary/aromatic N) is 4. The van der Waals surface area contributed by atoms with Gasteiger partial charge in [-0.2, -0.15) is 0 Å². The van der Waals surface area contributed by atoms with Crippen LogP contribution in [0.3, 0.4) is 0 Å². The third-order valence-corrected chi connectivity index (χ3v) is 12.4. The van der Waals surface area contributed by atoms with E-state index < -0.39 is 0 Å².